The van der Waals surface area contributed by atoms with Crippen LogP contribution in [0.3, 0.4) is 0 Å². The number of thioether (sulfide) groups is 1. The fourth-order valence-electron chi connectivity index (χ4n) is 2.67. The summed E-state index contributed by atoms with van der Waals surface area (Å²) in [5.74, 6) is 1.95. The maximum Gasteiger partial charge on any atom is 0.176 e. The monoisotopic (exact) mass is 371 g/mol. The minimum Gasteiger partial charge on any atom is -0.358 e. The molecule has 1 unspecified atom stereocenters. The van der Waals surface area contributed by atoms with Crippen molar-refractivity contribution in [2.45, 2.75) is 24.2 Å². The van der Waals surface area contributed by atoms with Gasteiger partial charge in [-0.25, -0.2) is 15.0 Å². The molecule has 9 heteroatoms. The molecule has 4 rings (SSSR count). The average Bonchev–Trinajstić information content (AvgIpc) is 3.23. The van der Waals surface area contributed by atoms with E-state index in [4.69, 9.17) is 0 Å². The quantitative estimate of drug-likeness (QED) is 0.536. The molecular formula is C16H17N7S2. The van der Waals surface area contributed by atoms with Crippen LogP contribution < -0.4 is 5.32 Å². The van der Waals surface area contributed by atoms with Gasteiger partial charge < -0.3 is 5.32 Å². The number of aromatic nitrogens is 6. The van der Waals surface area contributed by atoms with Crippen molar-refractivity contribution in [1.29, 1.82) is 0 Å². The standard InChI is InChI=1S/C16H17N7S2/c1-9(2)11(15-22-21-10-6-4-5-7-23(10)15)19-13-12-14(18-8-17-13)20-16(24-3)25-12/h4-9,11H,1-3H3,(H,17,18,19). The van der Waals surface area contributed by atoms with Gasteiger partial charge in [-0.1, -0.05) is 31.7 Å². The molecule has 0 fully saturated rings. The number of hydrogen-bond acceptors (Lipinski definition) is 8. The number of anilines is 1. The Labute approximate surface area is 152 Å². The second kappa shape index (κ2) is 6.57. The fraction of sp³-hybridized carbons (Fsp3) is 0.312. The predicted octanol–water partition coefficient (Wildman–Crippen LogP) is 3.66. The van der Waals surface area contributed by atoms with Gasteiger partial charge in [0, 0.05) is 6.20 Å². The number of pyridine rings is 1. The van der Waals surface area contributed by atoms with Gasteiger partial charge in [0.25, 0.3) is 0 Å². The first-order chi connectivity index (χ1) is 12.2. The van der Waals surface area contributed by atoms with Crippen LogP contribution in [0.1, 0.15) is 25.7 Å². The molecule has 0 aliphatic heterocycles. The summed E-state index contributed by atoms with van der Waals surface area (Å²) >= 11 is 3.21. The lowest BCUT2D eigenvalue weighted by molar-refractivity contribution is 0.516. The molecule has 0 spiro atoms. The number of thiazole rings is 1. The first-order valence-electron chi connectivity index (χ1n) is 7.89. The third kappa shape index (κ3) is 2.93. The van der Waals surface area contributed by atoms with Crippen LogP contribution in [0, 0.1) is 5.92 Å². The number of hydrogen-bond donors (Lipinski definition) is 1. The number of nitrogens with one attached hydrogen (secondary N) is 1. The summed E-state index contributed by atoms with van der Waals surface area (Å²) in [4.78, 5) is 13.2. The van der Waals surface area contributed by atoms with Crippen LogP contribution in [-0.2, 0) is 0 Å². The van der Waals surface area contributed by atoms with Crippen molar-refractivity contribution in [2.75, 3.05) is 11.6 Å². The Hall–Kier alpha value is -2.26. The Morgan fingerprint density at radius 2 is 2.08 bits per heavy atom. The average molecular weight is 371 g/mol. The summed E-state index contributed by atoms with van der Waals surface area (Å²) in [6.07, 6.45) is 5.54. The lowest BCUT2D eigenvalue weighted by atomic mass is 10.0. The number of rotatable bonds is 5. The van der Waals surface area contributed by atoms with Gasteiger partial charge in [0.15, 0.2) is 21.5 Å². The molecule has 1 N–H and O–H groups in total. The molecule has 0 radical (unpaired) electrons. The van der Waals surface area contributed by atoms with Gasteiger partial charge in [-0.05, 0) is 24.3 Å². The van der Waals surface area contributed by atoms with Gasteiger partial charge in [-0.3, -0.25) is 4.40 Å². The van der Waals surface area contributed by atoms with E-state index < -0.39 is 0 Å². The Kier molecular flexibility index (Phi) is 4.26. The van der Waals surface area contributed by atoms with Gasteiger partial charge >= 0.3 is 0 Å². The van der Waals surface area contributed by atoms with Gasteiger partial charge in [0.05, 0.1) is 6.04 Å². The van der Waals surface area contributed by atoms with Crippen LogP contribution in [-0.4, -0.2) is 35.8 Å². The highest BCUT2D eigenvalue weighted by atomic mass is 32.2. The van der Waals surface area contributed by atoms with E-state index in [2.05, 4.69) is 44.3 Å². The lowest BCUT2D eigenvalue weighted by Crippen LogP contribution is -2.20. The molecule has 0 bridgehead atoms. The fourth-order valence-corrected chi connectivity index (χ4v) is 4.14. The molecule has 128 valence electrons. The first-order valence-corrected chi connectivity index (χ1v) is 9.93. The van der Waals surface area contributed by atoms with Crippen LogP contribution in [0.25, 0.3) is 16.0 Å². The van der Waals surface area contributed by atoms with Crippen LogP contribution in [0.15, 0.2) is 35.1 Å². The second-order valence-electron chi connectivity index (χ2n) is 5.91. The molecule has 4 heterocycles. The Balaban J connectivity index is 1.77. The van der Waals surface area contributed by atoms with Gasteiger partial charge in [0.1, 0.15) is 16.8 Å². The molecule has 0 aliphatic carbocycles. The summed E-state index contributed by atoms with van der Waals surface area (Å²) in [7, 11) is 0. The molecule has 1 atom stereocenters. The molecule has 25 heavy (non-hydrogen) atoms. The summed E-state index contributed by atoms with van der Waals surface area (Å²) in [6.45, 7) is 4.31. The molecule has 7 nitrogen and oxygen atoms in total. The van der Waals surface area contributed by atoms with Gasteiger partial charge in [-0.15, -0.1) is 21.5 Å². The molecule has 0 aromatic carbocycles. The maximum atomic E-state index is 4.51. The van der Waals surface area contributed by atoms with E-state index in [1.807, 2.05) is 35.1 Å². The summed E-state index contributed by atoms with van der Waals surface area (Å²) in [5.41, 5.74) is 1.56. The van der Waals surface area contributed by atoms with E-state index in [-0.39, 0.29) is 6.04 Å². The highest BCUT2D eigenvalue weighted by Gasteiger charge is 2.23. The number of nitrogens with zero attached hydrogens (tertiary/aromatic N) is 6. The minimum absolute atomic E-state index is 0.0321. The van der Waals surface area contributed by atoms with Gasteiger partial charge in [0.2, 0.25) is 0 Å². The summed E-state index contributed by atoms with van der Waals surface area (Å²) < 4.78 is 3.95. The van der Waals surface area contributed by atoms with E-state index in [0.29, 0.717) is 5.92 Å². The summed E-state index contributed by atoms with van der Waals surface area (Å²) in [6, 6.07) is 5.86. The third-order valence-corrected chi connectivity index (χ3v) is 5.96. The van der Waals surface area contributed by atoms with Crippen molar-refractivity contribution in [3.05, 3.63) is 36.5 Å². The van der Waals surface area contributed by atoms with Crippen LogP contribution >= 0.6 is 23.1 Å². The molecule has 4 aromatic rings. The molecule has 0 saturated carbocycles. The summed E-state index contributed by atoms with van der Waals surface area (Å²) in [5, 5.41) is 12.2. The highest BCUT2D eigenvalue weighted by molar-refractivity contribution is 8.00. The van der Waals surface area contributed by atoms with Crippen LogP contribution in [0.4, 0.5) is 5.82 Å². The van der Waals surface area contributed by atoms with Crippen molar-refractivity contribution >= 4 is 44.9 Å². The predicted molar refractivity (Wildman–Crippen MR) is 101 cm³/mol. The topological polar surface area (TPSA) is 80.9 Å². The third-order valence-electron chi connectivity index (χ3n) is 3.92. The van der Waals surface area contributed by atoms with E-state index in [0.717, 1.165) is 32.0 Å². The normalized spacial score (nSPS) is 13.0. The number of fused-ring (bicyclic) bond motifs is 2. The Morgan fingerprint density at radius 3 is 2.88 bits per heavy atom. The van der Waals surface area contributed by atoms with Crippen molar-refractivity contribution in [3.63, 3.8) is 0 Å². The molecule has 0 saturated heterocycles. The second-order valence-corrected chi connectivity index (χ2v) is 7.96. The zero-order chi connectivity index (χ0) is 17.4. The van der Waals surface area contributed by atoms with E-state index >= 15 is 0 Å². The zero-order valence-electron chi connectivity index (χ0n) is 14.0. The van der Waals surface area contributed by atoms with Crippen LogP contribution in [0.5, 0.6) is 0 Å². The van der Waals surface area contributed by atoms with Crippen molar-refractivity contribution in [1.82, 2.24) is 29.5 Å². The van der Waals surface area contributed by atoms with Crippen molar-refractivity contribution < 1.29 is 0 Å². The smallest absolute Gasteiger partial charge is 0.176 e. The minimum atomic E-state index is -0.0321. The largest absolute Gasteiger partial charge is 0.358 e. The molecule has 0 amide bonds. The van der Waals surface area contributed by atoms with Crippen LogP contribution in [0.2, 0.25) is 0 Å². The van der Waals surface area contributed by atoms with Crippen molar-refractivity contribution in [2.24, 2.45) is 5.92 Å². The first kappa shape index (κ1) is 16.2. The van der Waals surface area contributed by atoms with E-state index in [1.165, 1.54) is 0 Å². The molecule has 4 aromatic heterocycles. The van der Waals surface area contributed by atoms with E-state index in [1.54, 1.807) is 29.4 Å². The zero-order valence-corrected chi connectivity index (χ0v) is 15.7. The Morgan fingerprint density at radius 1 is 1.20 bits per heavy atom. The highest BCUT2D eigenvalue weighted by Crippen LogP contribution is 2.33. The van der Waals surface area contributed by atoms with Crippen molar-refractivity contribution in [3.8, 4) is 0 Å². The molecule has 0 aliphatic rings. The lowest BCUT2D eigenvalue weighted by Gasteiger charge is -2.21. The van der Waals surface area contributed by atoms with Gasteiger partial charge in [-0.2, -0.15) is 0 Å². The van der Waals surface area contributed by atoms with E-state index in [9.17, 15) is 0 Å². The Bertz CT molecular complexity index is 1020. The molecular weight excluding hydrogens is 354 g/mol. The SMILES string of the molecule is CSc1nc2ncnc(NC(c3nnc4ccccn34)C(C)C)c2s1. The maximum absolute atomic E-state index is 4.51.